The van der Waals surface area contributed by atoms with Crippen LogP contribution >= 0.6 is 23.6 Å². The van der Waals surface area contributed by atoms with Crippen LogP contribution in [0.25, 0.3) is 11.4 Å². The Bertz CT molecular complexity index is 1050. The number of aromatic amines is 1. The highest BCUT2D eigenvalue weighted by Gasteiger charge is 2.21. The largest absolute Gasteiger partial charge is 0.300 e. The molecule has 9 heteroatoms. The SMILES string of the molecule is CCN1CCc2nc(NC(=O)Cn3c(-c4ccc(C)cc4)n[nH]c3=S)sc2C1. The summed E-state index contributed by atoms with van der Waals surface area (Å²) in [6, 6.07) is 7.97. The second kappa shape index (κ2) is 7.94. The first-order chi connectivity index (χ1) is 13.5. The second-order valence-electron chi connectivity index (χ2n) is 6.86. The van der Waals surface area contributed by atoms with E-state index in [0.717, 1.165) is 42.9 Å². The van der Waals surface area contributed by atoms with Gasteiger partial charge in [0.15, 0.2) is 15.7 Å². The van der Waals surface area contributed by atoms with Crippen LogP contribution in [0.15, 0.2) is 24.3 Å². The van der Waals surface area contributed by atoms with Gasteiger partial charge in [0.25, 0.3) is 0 Å². The summed E-state index contributed by atoms with van der Waals surface area (Å²) in [5.74, 6) is 0.487. The van der Waals surface area contributed by atoms with Crippen molar-refractivity contribution in [3.05, 3.63) is 45.2 Å². The van der Waals surface area contributed by atoms with Crippen LogP contribution in [0, 0.1) is 11.7 Å². The van der Waals surface area contributed by atoms with Gasteiger partial charge in [-0.3, -0.25) is 19.4 Å². The number of fused-ring (bicyclic) bond motifs is 1. The van der Waals surface area contributed by atoms with Gasteiger partial charge in [0.2, 0.25) is 5.91 Å². The van der Waals surface area contributed by atoms with Crippen LogP contribution in [0.5, 0.6) is 0 Å². The fraction of sp³-hybridized carbons (Fsp3) is 0.368. The van der Waals surface area contributed by atoms with Crippen molar-refractivity contribution >= 4 is 34.6 Å². The third-order valence-electron chi connectivity index (χ3n) is 4.87. The highest BCUT2D eigenvalue weighted by molar-refractivity contribution is 7.71. The van der Waals surface area contributed by atoms with E-state index in [0.29, 0.717) is 15.7 Å². The number of thiazole rings is 1. The number of aryl methyl sites for hydroxylation is 1. The molecule has 0 bridgehead atoms. The van der Waals surface area contributed by atoms with E-state index >= 15 is 0 Å². The number of rotatable bonds is 5. The number of carbonyl (C=O) groups is 1. The number of nitrogens with zero attached hydrogens (tertiary/aromatic N) is 4. The van der Waals surface area contributed by atoms with Crippen molar-refractivity contribution < 1.29 is 4.79 Å². The maximum atomic E-state index is 12.6. The van der Waals surface area contributed by atoms with Crippen molar-refractivity contribution in [1.29, 1.82) is 0 Å². The molecular formula is C19H22N6OS2. The van der Waals surface area contributed by atoms with Crippen molar-refractivity contribution in [3.8, 4) is 11.4 Å². The van der Waals surface area contributed by atoms with Gasteiger partial charge in [-0.2, -0.15) is 5.10 Å². The van der Waals surface area contributed by atoms with E-state index in [-0.39, 0.29) is 12.5 Å². The number of benzene rings is 1. The molecule has 1 amide bonds. The Balaban J connectivity index is 1.49. The number of nitrogens with one attached hydrogen (secondary N) is 2. The van der Waals surface area contributed by atoms with Gasteiger partial charge in [0, 0.05) is 30.0 Å². The van der Waals surface area contributed by atoms with E-state index in [4.69, 9.17) is 12.2 Å². The molecule has 2 aromatic heterocycles. The molecule has 3 aromatic rings. The Labute approximate surface area is 172 Å². The summed E-state index contributed by atoms with van der Waals surface area (Å²) < 4.78 is 2.13. The molecule has 0 atom stereocenters. The van der Waals surface area contributed by atoms with Crippen LogP contribution in [0.3, 0.4) is 0 Å². The summed E-state index contributed by atoms with van der Waals surface area (Å²) >= 11 is 6.88. The molecule has 0 fully saturated rings. The molecule has 0 spiro atoms. The van der Waals surface area contributed by atoms with Gasteiger partial charge in [-0.1, -0.05) is 36.8 Å². The molecule has 0 aliphatic carbocycles. The standard InChI is InChI=1S/C19H22N6OS2/c1-3-24-9-8-14-15(10-24)28-18(20-14)21-16(26)11-25-17(22-23-19(25)27)13-6-4-12(2)5-7-13/h4-7H,3,8-11H2,1-2H3,(H,23,27)(H,20,21,26). The summed E-state index contributed by atoms with van der Waals surface area (Å²) in [5, 5.41) is 10.7. The molecule has 4 rings (SSSR count). The van der Waals surface area contributed by atoms with Crippen molar-refractivity contribution in [2.45, 2.75) is 33.4 Å². The topological polar surface area (TPSA) is 78.8 Å². The van der Waals surface area contributed by atoms with E-state index in [1.165, 1.54) is 4.88 Å². The molecule has 2 N–H and O–H groups in total. The average molecular weight is 415 g/mol. The van der Waals surface area contributed by atoms with Gasteiger partial charge in [-0.05, 0) is 25.7 Å². The van der Waals surface area contributed by atoms with E-state index in [1.54, 1.807) is 15.9 Å². The second-order valence-corrected chi connectivity index (χ2v) is 8.33. The monoisotopic (exact) mass is 414 g/mol. The first-order valence-corrected chi connectivity index (χ1v) is 10.5. The Kier molecular flexibility index (Phi) is 5.38. The molecule has 3 heterocycles. The number of anilines is 1. The maximum Gasteiger partial charge on any atom is 0.246 e. The Morgan fingerprint density at radius 3 is 2.89 bits per heavy atom. The quantitative estimate of drug-likeness (QED) is 0.626. The van der Waals surface area contributed by atoms with Gasteiger partial charge in [-0.25, -0.2) is 4.98 Å². The van der Waals surface area contributed by atoms with Crippen molar-refractivity contribution in [3.63, 3.8) is 0 Å². The summed E-state index contributed by atoms with van der Waals surface area (Å²) in [6.07, 6.45) is 0.930. The minimum absolute atomic E-state index is 0.0872. The highest BCUT2D eigenvalue weighted by Crippen LogP contribution is 2.28. The van der Waals surface area contributed by atoms with Crippen LogP contribution in [0.4, 0.5) is 5.13 Å². The van der Waals surface area contributed by atoms with Gasteiger partial charge in [0.1, 0.15) is 6.54 Å². The Morgan fingerprint density at radius 2 is 2.14 bits per heavy atom. The number of H-pyrrole nitrogens is 1. The van der Waals surface area contributed by atoms with Gasteiger partial charge < -0.3 is 5.32 Å². The number of aromatic nitrogens is 4. The highest BCUT2D eigenvalue weighted by atomic mass is 32.1. The molecule has 1 aromatic carbocycles. The molecule has 7 nitrogen and oxygen atoms in total. The van der Waals surface area contributed by atoms with E-state index < -0.39 is 0 Å². The summed E-state index contributed by atoms with van der Waals surface area (Å²) in [7, 11) is 0. The lowest BCUT2D eigenvalue weighted by Gasteiger charge is -2.23. The minimum atomic E-state index is -0.163. The lowest BCUT2D eigenvalue weighted by molar-refractivity contribution is -0.116. The van der Waals surface area contributed by atoms with E-state index in [1.807, 2.05) is 31.2 Å². The van der Waals surface area contributed by atoms with Crippen molar-refractivity contribution in [2.75, 3.05) is 18.4 Å². The summed E-state index contributed by atoms with van der Waals surface area (Å²) in [6.45, 7) is 7.23. The fourth-order valence-electron chi connectivity index (χ4n) is 3.26. The normalized spacial score (nSPS) is 14.1. The van der Waals surface area contributed by atoms with Crippen LogP contribution in [0.2, 0.25) is 0 Å². The van der Waals surface area contributed by atoms with Crippen LogP contribution in [-0.2, 0) is 24.3 Å². The molecule has 1 aliphatic rings. The molecule has 0 radical (unpaired) electrons. The van der Waals surface area contributed by atoms with Crippen LogP contribution in [-0.4, -0.2) is 43.6 Å². The Hall–Kier alpha value is -2.36. The van der Waals surface area contributed by atoms with Crippen molar-refractivity contribution in [2.24, 2.45) is 0 Å². The average Bonchev–Trinajstić information content (AvgIpc) is 3.25. The molecule has 0 unspecified atom stereocenters. The summed E-state index contributed by atoms with van der Waals surface area (Å²) in [4.78, 5) is 20.9. The van der Waals surface area contributed by atoms with Crippen LogP contribution in [0.1, 0.15) is 23.1 Å². The predicted molar refractivity (Wildman–Crippen MR) is 113 cm³/mol. The molecular weight excluding hydrogens is 392 g/mol. The van der Waals surface area contributed by atoms with E-state index in [9.17, 15) is 4.79 Å². The maximum absolute atomic E-state index is 12.6. The summed E-state index contributed by atoms with van der Waals surface area (Å²) in [5.41, 5.74) is 3.18. The molecule has 0 saturated carbocycles. The third-order valence-corrected chi connectivity index (χ3v) is 6.18. The lowest BCUT2D eigenvalue weighted by atomic mass is 10.1. The van der Waals surface area contributed by atoms with Gasteiger partial charge in [-0.15, -0.1) is 11.3 Å². The molecule has 146 valence electrons. The smallest absolute Gasteiger partial charge is 0.246 e. The fourth-order valence-corrected chi connectivity index (χ4v) is 4.52. The molecule has 1 aliphatic heterocycles. The van der Waals surface area contributed by atoms with E-state index in [2.05, 4.69) is 32.3 Å². The number of amides is 1. The Morgan fingerprint density at radius 1 is 1.36 bits per heavy atom. The van der Waals surface area contributed by atoms with Gasteiger partial charge in [0.05, 0.1) is 5.69 Å². The number of hydrogen-bond acceptors (Lipinski definition) is 6. The predicted octanol–water partition coefficient (Wildman–Crippen LogP) is 3.39. The first kappa shape index (κ1) is 19.0. The zero-order valence-corrected chi connectivity index (χ0v) is 17.5. The third kappa shape index (κ3) is 3.91. The number of carbonyl (C=O) groups excluding carboxylic acids is 1. The zero-order chi connectivity index (χ0) is 19.7. The van der Waals surface area contributed by atoms with Crippen molar-refractivity contribution in [1.82, 2.24) is 24.6 Å². The molecule has 0 saturated heterocycles. The zero-order valence-electron chi connectivity index (χ0n) is 15.9. The van der Waals surface area contributed by atoms with Gasteiger partial charge >= 0.3 is 0 Å². The molecule has 28 heavy (non-hydrogen) atoms. The first-order valence-electron chi connectivity index (χ1n) is 9.26. The minimum Gasteiger partial charge on any atom is -0.300 e. The lowest BCUT2D eigenvalue weighted by Crippen LogP contribution is -2.29. The number of likely N-dealkylation sites (N-methyl/N-ethyl adjacent to an activating group) is 1. The number of hydrogen-bond donors (Lipinski definition) is 2. The van der Waals surface area contributed by atoms with Crippen LogP contribution < -0.4 is 5.32 Å².